The van der Waals surface area contributed by atoms with Crippen LogP contribution in [0.3, 0.4) is 0 Å². The highest BCUT2D eigenvalue weighted by molar-refractivity contribution is 5.27. The minimum Gasteiger partial charge on any atom is -0.353 e. The summed E-state index contributed by atoms with van der Waals surface area (Å²) >= 11 is 0. The summed E-state index contributed by atoms with van der Waals surface area (Å²) < 4.78 is 0. The second-order valence-corrected chi connectivity index (χ2v) is 3.93. The van der Waals surface area contributed by atoms with E-state index in [-0.39, 0.29) is 0 Å². The number of hydrogen-bond donors (Lipinski definition) is 1. The van der Waals surface area contributed by atoms with Gasteiger partial charge in [-0.25, -0.2) is 9.97 Å². The lowest BCUT2D eigenvalue weighted by Crippen LogP contribution is -2.29. The fraction of sp³-hybridized carbons (Fsp3) is 0.667. The van der Waals surface area contributed by atoms with Gasteiger partial charge in [0.2, 0.25) is 5.95 Å². The molecule has 90 valence electrons. The number of aromatic nitrogens is 2. The van der Waals surface area contributed by atoms with E-state index < -0.39 is 0 Å². The van der Waals surface area contributed by atoms with Crippen LogP contribution in [0, 0.1) is 13.8 Å². The van der Waals surface area contributed by atoms with Crippen molar-refractivity contribution >= 4 is 5.95 Å². The maximum absolute atomic E-state index is 4.34. The molecule has 0 amide bonds. The molecule has 16 heavy (non-hydrogen) atoms. The van der Waals surface area contributed by atoms with E-state index in [4.69, 9.17) is 0 Å². The van der Waals surface area contributed by atoms with Crippen LogP contribution in [0.2, 0.25) is 0 Å². The molecular formula is C12H22N4. The zero-order valence-corrected chi connectivity index (χ0v) is 10.7. The summed E-state index contributed by atoms with van der Waals surface area (Å²) in [5, 5.41) is 3.26. The molecule has 1 aromatic heterocycles. The van der Waals surface area contributed by atoms with Gasteiger partial charge < -0.3 is 10.2 Å². The summed E-state index contributed by atoms with van der Waals surface area (Å²) in [6.45, 7) is 12.4. The Morgan fingerprint density at radius 1 is 1.12 bits per heavy atom. The van der Waals surface area contributed by atoms with Crippen molar-refractivity contribution in [1.82, 2.24) is 14.9 Å². The number of likely N-dealkylation sites (N-methyl/N-ethyl adjacent to an activating group) is 1. The van der Waals surface area contributed by atoms with Gasteiger partial charge in [-0.1, -0.05) is 13.8 Å². The van der Waals surface area contributed by atoms with E-state index in [1.54, 1.807) is 0 Å². The zero-order valence-electron chi connectivity index (χ0n) is 10.7. The largest absolute Gasteiger partial charge is 0.353 e. The van der Waals surface area contributed by atoms with E-state index in [2.05, 4.69) is 34.0 Å². The first kappa shape index (κ1) is 12.9. The highest BCUT2D eigenvalue weighted by atomic mass is 15.2. The van der Waals surface area contributed by atoms with Gasteiger partial charge >= 0.3 is 0 Å². The van der Waals surface area contributed by atoms with Crippen LogP contribution in [-0.4, -0.2) is 41.0 Å². The van der Waals surface area contributed by atoms with Gasteiger partial charge in [0.1, 0.15) is 0 Å². The van der Waals surface area contributed by atoms with Crippen molar-refractivity contribution in [3.05, 3.63) is 17.5 Å². The topological polar surface area (TPSA) is 41.0 Å². The van der Waals surface area contributed by atoms with Crippen molar-refractivity contribution in [3.8, 4) is 0 Å². The minimum absolute atomic E-state index is 0.740. The van der Waals surface area contributed by atoms with E-state index >= 15 is 0 Å². The smallest absolute Gasteiger partial charge is 0.223 e. The molecule has 1 heterocycles. The van der Waals surface area contributed by atoms with Crippen molar-refractivity contribution in [2.45, 2.75) is 27.7 Å². The highest BCUT2D eigenvalue weighted by Gasteiger charge is 2.01. The number of hydrogen-bond acceptors (Lipinski definition) is 4. The number of nitrogens with one attached hydrogen (secondary N) is 1. The molecule has 4 nitrogen and oxygen atoms in total. The lowest BCUT2D eigenvalue weighted by Gasteiger charge is -2.18. The Morgan fingerprint density at radius 3 is 2.19 bits per heavy atom. The second-order valence-electron chi connectivity index (χ2n) is 3.93. The van der Waals surface area contributed by atoms with E-state index in [0.29, 0.717) is 0 Å². The van der Waals surface area contributed by atoms with Crippen molar-refractivity contribution in [2.24, 2.45) is 0 Å². The zero-order chi connectivity index (χ0) is 12.0. The van der Waals surface area contributed by atoms with Crippen LogP contribution in [0.4, 0.5) is 5.95 Å². The van der Waals surface area contributed by atoms with Gasteiger partial charge in [0.25, 0.3) is 0 Å². The third kappa shape index (κ3) is 4.14. The van der Waals surface area contributed by atoms with Gasteiger partial charge in [0, 0.05) is 24.5 Å². The first-order valence-electron chi connectivity index (χ1n) is 5.94. The normalized spacial score (nSPS) is 10.8. The number of anilines is 1. The van der Waals surface area contributed by atoms with Gasteiger partial charge in [-0.3, -0.25) is 0 Å². The van der Waals surface area contributed by atoms with E-state index in [1.165, 1.54) is 0 Å². The summed E-state index contributed by atoms with van der Waals surface area (Å²) in [4.78, 5) is 11.1. The quantitative estimate of drug-likeness (QED) is 0.797. The molecule has 0 aliphatic heterocycles. The van der Waals surface area contributed by atoms with Crippen LogP contribution in [0.1, 0.15) is 25.2 Å². The SMILES string of the molecule is CCN(CC)CCNc1nc(C)cc(C)n1. The molecule has 0 atom stereocenters. The van der Waals surface area contributed by atoms with Crippen molar-refractivity contribution < 1.29 is 0 Å². The van der Waals surface area contributed by atoms with Gasteiger partial charge in [-0.05, 0) is 33.0 Å². The molecule has 0 aliphatic carbocycles. The number of rotatable bonds is 6. The van der Waals surface area contributed by atoms with Gasteiger partial charge in [0.15, 0.2) is 0 Å². The predicted octanol–water partition coefficient (Wildman–Crippen LogP) is 1.85. The molecule has 1 N–H and O–H groups in total. The van der Waals surface area contributed by atoms with Crippen LogP contribution in [0.5, 0.6) is 0 Å². The summed E-state index contributed by atoms with van der Waals surface area (Å²) in [6, 6.07) is 1.98. The number of aryl methyl sites for hydroxylation is 2. The van der Waals surface area contributed by atoms with Crippen LogP contribution in [0.15, 0.2) is 6.07 Å². The Kier molecular flexibility index (Phi) is 5.19. The lowest BCUT2D eigenvalue weighted by molar-refractivity contribution is 0.316. The van der Waals surface area contributed by atoms with Crippen molar-refractivity contribution in [3.63, 3.8) is 0 Å². The number of nitrogens with zero attached hydrogens (tertiary/aromatic N) is 3. The molecule has 0 unspecified atom stereocenters. The Labute approximate surface area is 98.1 Å². The molecule has 0 spiro atoms. The van der Waals surface area contributed by atoms with Gasteiger partial charge in [0.05, 0.1) is 0 Å². The molecule has 0 aromatic carbocycles. The van der Waals surface area contributed by atoms with Gasteiger partial charge in [-0.15, -0.1) is 0 Å². The van der Waals surface area contributed by atoms with Crippen molar-refractivity contribution in [2.75, 3.05) is 31.5 Å². The summed E-state index contributed by atoms with van der Waals surface area (Å²) in [6.07, 6.45) is 0. The lowest BCUT2D eigenvalue weighted by atomic mass is 10.3. The minimum atomic E-state index is 0.740. The van der Waals surface area contributed by atoms with E-state index in [0.717, 1.165) is 43.5 Å². The first-order valence-corrected chi connectivity index (χ1v) is 5.94. The first-order chi connectivity index (χ1) is 7.65. The summed E-state index contributed by atoms with van der Waals surface area (Å²) in [5.41, 5.74) is 2.02. The Morgan fingerprint density at radius 2 is 1.69 bits per heavy atom. The molecule has 0 fully saturated rings. The van der Waals surface area contributed by atoms with Crippen LogP contribution >= 0.6 is 0 Å². The van der Waals surface area contributed by atoms with Crippen LogP contribution in [0.25, 0.3) is 0 Å². The fourth-order valence-corrected chi connectivity index (χ4v) is 1.67. The average Bonchev–Trinajstić information content (AvgIpc) is 2.23. The van der Waals surface area contributed by atoms with E-state index in [9.17, 15) is 0 Å². The second kappa shape index (κ2) is 6.43. The predicted molar refractivity (Wildman–Crippen MR) is 67.8 cm³/mol. The average molecular weight is 222 g/mol. The van der Waals surface area contributed by atoms with Crippen molar-refractivity contribution in [1.29, 1.82) is 0 Å². The Hall–Kier alpha value is -1.16. The molecule has 4 heteroatoms. The molecule has 1 rings (SSSR count). The molecule has 0 aliphatic rings. The molecule has 0 radical (unpaired) electrons. The van der Waals surface area contributed by atoms with Crippen LogP contribution < -0.4 is 5.32 Å². The fourth-order valence-electron chi connectivity index (χ4n) is 1.67. The third-order valence-electron chi connectivity index (χ3n) is 2.59. The maximum atomic E-state index is 4.34. The van der Waals surface area contributed by atoms with Crippen LogP contribution in [-0.2, 0) is 0 Å². The Bertz CT molecular complexity index is 301. The maximum Gasteiger partial charge on any atom is 0.223 e. The molecular weight excluding hydrogens is 200 g/mol. The highest BCUT2D eigenvalue weighted by Crippen LogP contribution is 2.03. The third-order valence-corrected chi connectivity index (χ3v) is 2.59. The summed E-state index contributed by atoms with van der Waals surface area (Å²) in [5.74, 6) is 0.740. The monoisotopic (exact) mass is 222 g/mol. The van der Waals surface area contributed by atoms with E-state index in [1.807, 2.05) is 19.9 Å². The molecule has 0 saturated heterocycles. The summed E-state index contributed by atoms with van der Waals surface area (Å²) in [7, 11) is 0. The molecule has 0 bridgehead atoms. The molecule has 0 saturated carbocycles. The molecule has 1 aromatic rings. The Balaban J connectivity index is 2.42. The van der Waals surface area contributed by atoms with Gasteiger partial charge in [-0.2, -0.15) is 0 Å². The standard InChI is InChI=1S/C12H22N4/c1-5-16(6-2)8-7-13-12-14-10(3)9-11(4)15-12/h9H,5-8H2,1-4H3,(H,13,14,15).